The van der Waals surface area contributed by atoms with Gasteiger partial charge in [-0.3, -0.25) is 0 Å². The fraction of sp³-hybridized carbons (Fsp3) is 0.167. The number of hydrogen-bond donors (Lipinski definition) is 1. The van der Waals surface area contributed by atoms with E-state index in [1.54, 1.807) is 7.11 Å². The van der Waals surface area contributed by atoms with Crippen molar-refractivity contribution in [3.8, 4) is 0 Å². The fourth-order valence-electron chi connectivity index (χ4n) is 3.79. The van der Waals surface area contributed by atoms with Crippen molar-refractivity contribution in [1.29, 1.82) is 0 Å². The molecular weight excluding hydrogens is 478 g/mol. The Hall–Kier alpha value is -2.67. The number of carbonyl (C=O) groups is 1. The van der Waals surface area contributed by atoms with Crippen LogP contribution in [0, 0.1) is 0 Å². The Labute approximate surface area is 194 Å². The van der Waals surface area contributed by atoms with Crippen LogP contribution in [-0.4, -0.2) is 37.0 Å². The van der Waals surface area contributed by atoms with E-state index in [1.807, 2.05) is 78.9 Å². The van der Waals surface area contributed by atoms with Crippen molar-refractivity contribution in [2.24, 2.45) is 5.10 Å². The van der Waals surface area contributed by atoms with Crippen LogP contribution in [0.3, 0.4) is 0 Å². The van der Waals surface area contributed by atoms with Gasteiger partial charge in [0.05, 0.1) is 24.3 Å². The average molecular weight is 499 g/mol. The highest BCUT2D eigenvalue weighted by Gasteiger charge is 2.46. The maximum Gasteiger partial charge on any atom is 0.342 e. The van der Waals surface area contributed by atoms with Gasteiger partial charge in [0, 0.05) is 22.3 Å². The van der Waals surface area contributed by atoms with Crippen molar-refractivity contribution in [3.63, 3.8) is 0 Å². The highest BCUT2D eigenvalue weighted by atomic mass is 79.9. The second kappa shape index (κ2) is 9.22. The summed E-state index contributed by atoms with van der Waals surface area (Å²) in [6.45, 7) is 0.728. The number of nitrogens with zero attached hydrogens (tertiary/aromatic N) is 2. The fourth-order valence-corrected chi connectivity index (χ4v) is 4.18. The zero-order chi connectivity index (χ0) is 21.8. The summed E-state index contributed by atoms with van der Waals surface area (Å²) in [5.41, 5.74) is 2.78. The molecule has 1 heterocycles. The molecule has 0 saturated carbocycles. The van der Waals surface area contributed by atoms with Crippen LogP contribution in [0.4, 0.5) is 10.5 Å². The number of benzene rings is 3. The largest absolute Gasteiger partial charge is 0.383 e. The number of anilines is 1. The molecule has 7 heteroatoms. The van der Waals surface area contributed by atoms with E-state index in [0.717, 1.165) is 21.3 Å². The summed E-state index contributed by atoms with van der Waals surface area (Å²) in [7, 11) is 1.66. The van der Waals surface area contributed by atoms with Gasteiger partial charge in [0.2, 0.25) is 0 Å². The number of halogens is 2. The van der Waals surface area contributed by atoms with Gasteiger partial charge in [-0.15, -0.1) is 0 Å². The second-order valence-corrected chi connectivity index (χ2v) is 8.68. The van der Waals surface area contributed by atoms with E-state index < -0.39 is 5.41 Å². The van der Waals surface area contributed by atoms with Gasteiger partial charge < -0.3 is 10.1 Å². The Bertz CT molecular complexity index is 1090. The SMILES string of the molecule is COCC1(c2ccccc2)CN(C(=O)Nc2ccc(Br)cc2)N=C1c1ccc(Cl)cc1. The molecule has 31 heavy (non-hydrogen) atoms. The molecule has 0 aromatic heterocycles. The molecule has 2 amide bonds. The van der Waals surface area contributed by atoms with Crippen molar-refractivity contribution >= 4 is 45.0 Å². The first-order valence-corrected chi connectivity index (χ1v) is 10.9. The number of amides is 2. The third-order valence-electron chi connectivity index (χ3n) is 5.26. The first kappa shape index (κ1) is 21.6. The number of rotatable bonds is 5. The maximum atomic E-state index is 13.1. The lowest BCUT2D eigenvalue weighted by molar-refractivity contribution is 0.147. The van der Waals surface area contributed by atoms with Crippen molar-refractivity contribution in [2.45, 2.75) is 5.41 Å². The van der Waals surface area contributed by atoms with E-state index in [1.165, 1.54) is 5.01 Å². The highest BCUT2D eigenvalue weighted by molar-refractivity contribution is 9.10. The summed E-state index contributed by atoms with van der Waals surface area (Å²) in [6, 6.07) is 24.6. The molecule has 3 aromatic rings. The molecule has 4 rings (SSSR count). The minimum absolute atomic E-state index is 0.303. The summed E-state index contributed by atoms with van der Waals surface area (Å²) in [5.74, 6) is 0. The van der Waals surface area contributed by atoms with E-state index in [0.29, 0.717) is 23.9 Å². The standard InChI is InChI=1S/C24H21BrClN3O2/c1-31-16-24(18-5-3-2-4-6-18)15-29(23(30)27-21-13-9-19(25)10-14-21)28-22(24)17-7-11-20(26)12-8-17/h2-14H,15-16H2,1H3,(H,27,30). The summed E-state index contributed by atoms with van der Waals surface area (Å²) >= 11 is 9.51. The Morgan fingerprint density at radius 3 is 2.42 bits per heavy atom. The number of urea groups is 1. The van der Waals surface area contributed by atoms with Crippen molar-refractivity contribution in [3.05, 3.63) is 99.5 Å². The lowest BCUT2D eigenvalue weighted by Gasteiger charge is -2.30. The Morgan fingerprint density at radius 2 is 1.77 bits per heavy atom. The molecule has 1 unspecified atom stereocenters. The Balaban J connectivity index is 1.74. The molecule has 0 aliphatic carbocycles. The number of methoxy groups -OCH3 is 1. The van der Waals surface area contributed by atoms with Gasteiger partial charge in [0.25, 0.3) is 0 Å². The lowest BCUT2D eigenvalue weighted by atomic mass is 9.75. The smallest absolute Gasteiger partial charge is 0.342 e. The van der Waals surface area contributed by atoms with Crippen LogP contribution >= 0.6 is 27.5 Å². The molecule has 158 valence electrons. The zero-order valence-corrected chi connectivity index (χ0v) is 19.2. The maximum absolute atomic E-state index is 13.1. The van der Waals surface area contributed by atoms with Crippen molar-refractivity contribution < 1.29 is 9.53 Å². The van der Waals surface area contributed by atoms with E-state index >= 15 is 0 Å². The molecular formula is C24H21BrClN3O2. The van der Waals surface area contributed by atoms with Gasteiger partial charge >= 0.3 is 6.03 Å². The number of hydrazone groups is 1. The molecule has 1 N–H and O–H groups in total. The van der Waals surface area contributed by atoms with Gasteiger partial charge in [-0.2, -0.15) is 5.10 Å². The number of carbonyl (C=O) groups excluding carboxylic acids is 1. The van der Waals surface area contributed by atoms with Gasteiger partial charge in [0.15, 0.2) is 0 Å². The van der Waals surface area contributed by atoms with E-state index in [-0.39, 0.29) is 6.03 Å². The van der Waals surface area contributed by atoms with Crippen LogP contribution in [0.25, 0.3) is 0 Å². The number of ether oxygens (including phenoxy) is 1. The van der Waals surface area contributed by atoms with E-state index in [2.05, 4.69) is 21.2 Å². The second-order valence-electron chi connectivity index (χ2n) is 7.33. The summed E-state index contributed by atoms with van der Waals surface area (Å²) < 4.78 is 6.59. The van der Waals surface area contributed by atoms with Crippen molar-refractivity contribution in [2.75, 3.05) is 25.6 Å². The summed E-state index contributed by atoms with van der Waals surface area (Å²) in [5, 5.41) is 9.79. The Morgan fingerprint density at radius 1 is 1.10 bits per heavy atom. The molecule has 0 radical (unpaired) electrons. The van der Waals surface area contributed by atoms with Crippen LogP contribution < -0.4 is 5.32 Å². The molecule has 1 atom stereocenters. The van der Waals surface area contributed by atoms with E-state index in [9.17, 15) is 4.79 Å². The lowest BCUT2D eigenvalue weighted by Crippen LogP contribution is -2.44. The van der Waals surface area contributed by atoms with Crippen LogP contribution in [0.15, 0.2) is 88.4 Å². The normalized spacial score (nSPS) is 18.0. The predicted molar refractivity (Wildman–Crippen MR) is 128 cm³/mol. The summed E-state index contributed by atoms with van der Waals surface area (Å²) in [6.07, 6.45) is 0. The molecule has 0 spiro atoms. The van der Waals surface area contributed by atoms with Gasteiger partial charge in [-0.1, -0.05) is 70.0 Å². The predicted octanol–water partition coefficient (Wildman–Crippen LogP) is 5.94. The van der Waals surface area contributed by atoms with Crippen molar-refractivity contribution in [1.82, 2.24) is 5.01 Å². The third-order valence-corrected chi connectivity index (χ3v) is 6.04. The monoisotopic (exact) mass is 497 g/mol. The van der Waals surface area contributed by atoms with Gasteiger partial charge in [0.1, 0.15) is 0 Å². The topological polar surface area (TPSA) is 53.9 Å². The molecule has 1 aliphatic rings. The molecule has 3 aromatic carbocycles. The van der Waals surface area contributed by atoms with Crippen LogP contribution in [-0.2, 0) is 10.2 Å². The molecule has 0 bridgehead atoms. The average Bonchev–Trinajstić information content (AvgIpc) is 3.17. The van der Waals surface area contributed by atoms with Crippen LogP contribution in [0.2, 0.25) is 5.02 Å². The Kier molecular flexibility index (Phi) is 6.41. The van der Waals surface area contributed by atoms with Crippen LogP contribution in [0.1, 0.15) is 11.1 Å². The minimum atomic E-state index is -0.610. The minimum Gasteiger partial charge on any atom is -0.383 e. The van der Waals surface area contributed by atoms with Gasteiger partial charge in [-0.05, 0) is 47.5 Å². The molecule has 5 nitrogen and oxygen atoms in total. The van der Waals surface area contributed by atoms with Crippen LogP contribution in [0.5, 0.6) is 0 Å². The van der Waals surface area contributed by atoms with E-state index in [4.69, 9.17) is 21.4 Å². The van der Waals surface area contributed by atoms with Gasteiger partial charge in [-0.25, -0.2) is 9.80 Å². The zero-order valence-electron chi connectivity index (χ0n) is 16.9. The first-order valence-electron chi connectivity index (χ1n) is 9.75. The molecule has 1 aliphatic heterocycles. The third kappa shape index (κ3) is 4.51. The summed E-state index contributed by atoms with van der Waals surface area (Å²) in [4.78, 5) is 13.1. The quantitative estimate of drug-likeness (QED) is 0.473. The molecule has 0 fully saturated rings. The molecule has 0 saturated heterocycles. The first-order chi connectivity index (χ1) is 15.0. The number of hydrogen-bond acceptors (Lipinski definition) is 3. The number of nitrogens with one attached hydrogen (secondary N) is 1. The highest BCUT2D eigenvalue weighted by Crippen LogP contribution is 2.36.